The summed E-state index contributed by atoms with van der Waals surface area (Å²) in [5.74, 6) is 1.43. The Morgan fingerprint density at radius 2 is 2.14 bits per heavy atom. The number of aromatic amines is 1. The Morgan fingerprint density at radius 3 is 2.97 bits per heavy atom. The monoisotopic (exact) mass is 470 g/mol. The number of fused-ring (bicyclic) bond motifs is 2. The molecule has 2 N–H and O–H groups in total. The first-order chi connectivity index (χ1) is 14.2. The van der Waals surface area contributed by atoms with Crippen molar-refractivity contribution in [1.82, 2.24) is 24.5 Å². The zero-order valence-electron chi connectivity index (χ0n) is 15.1. The molecule has 0 radical (unpaired) electrons. The van der Waals surface area contributed by atoms with Gasteiger partial charge in [0.2, 0.25) is 6.79 Å². The van der Waals surface area contributed by atoms with E-state index >= 15 is 0 Å². The lowest BCUT2D eigenvalue weighted by atomic mass is 10.2. The number of nitrogens with zero attached hydrogens (tertiary/aromatic N) is 4. The molecule has 146 valence electrons. The van der Waals surface area contributed by atoms with Gasteiger partial charge in [-0.1, -0.05) is 17.8 Å². The second-order valence-electron chi connectivity index (χ2n) is 6.38. The number of benzene rings is 1. The van der Waals surface area contributed by atoms with Gasteiger partial charge in [0.05, 0.1) is 6.33 Å². The Balaban J connectivity index is 1.45. The summed E-state index contributed by atoms with van der Waals surface area (Å²) in [6, 6.07) is 7.77. The third-order valence-electron chi connectivity index (χ3n) is 4.50. The second kappa shape index (κ2) is 7.53. The number of H-pyrrole nitrogens is 1. The molecule has 1 aromatic carbocycles. The maximum Gasteiger partial charge on any atom is 0.231 e. The van der Waals surface area contributed by atoms with E-state index in [1.807, 2.05) is 35.0 Å². The van der Waals surface area contributed by atoms with Crippen LogP contribution >= 0.6 is 27.7 Å². The highest BCUT2D eigenvalue weighted by Gasteiger charge is 2.18. The summed E-state index contributed by atoms with van der Waals surface area (Å²) in [5, 5.41) is 8.81. The van der Waals surface area contributed by atoms with Crippen molar-refractivity contribution >= 4 is 38.9 Å². The van der Waals surface area contributed by atoms with Crippen molar-refractivity contribution in [1.29, 1.82) is 5.41 Å². The van der Waals surface area contributed by atoms with Crippen molar-refractivity contribution in [3.8, 4) is 11.5 Å². The zero-order chi connectivity index (χ0) is 19.8. The van der Waals surface area contributed by atoms with Crippen LogP contribution in [0, 0.1) is 5.41 Å². The number of halogens is 1. The smallest absolute Gasteiger partial charge is 0.231 e. The molecule has 4 heterocycles. The molecule has 8 nitrogen and oxygen atoms in total. The average molecular weight is 471 g/mol. The minimum absolute atomic E-state index is 0.168. The third kappa shape index (κ3) is 3.60. The highest BCUT2D eigenvalue weighted by Crippen LogP contribution is 2.42. The SMILES string of the molecule is N=c1ncn(CCc2cccnc2)c2nc(Sc3cc4c(cc3Br)OCO4)[nH]c12. The van der Waals surface area contributed by atoms with Gasteiger partial charge in [-0.15, -0.1) is 0 Å². The molecule has 0 bridgehead atoms. The van der Waals surface area contributed by atoms with Gasteiger partial charge in [-0.2, -0.15) is 0 Å². The number of hydrogen-bond donors (Lipinski definition) is 2. The van der Waals surface area contributed by atoms with Gasteiger partial charge in [-0.05, 0) is 46.1 Å². The van der Waals surface area contributed by atoms with E-state index in [4.69, 9.17) is 19.9 Å². The van der Waals surface area contributed by atoms with E-state index in [-0.39, 0.29) is 12.3 Å². The Morgan fingerprint density at radius 1 is 1.28 bits per heavy atom. The standard InChI is InChI=1S/C19H15BrN6O2S/c20-12-6-13-14(28-10-27-13)7-15(12)29-19-24-16-17(21)23-9-26(18(16)25-19)5-3-11-2-1-4-22-8-11/h1-2,4,6-9,21H,3,5,10H2,(H,24,25). The molecule has 0 saturated carbocycles. The Hall–Kier alpha value is -2.85. The van der Waals surface area contributed by atoms with E-state index < -0.39 is 0 Å². The highest BCUT2D eigenvalue weighted by molar-refractivity contribution is 9.10. The van der Waals surface area contributed by atoms with Crippen molar-refractivity contribution in [2.45, 2.75) is 23.0 Å². The van der Waals surface area contributed by atoms with Crippen LogP contribution in [0.5, 0.6) is 11.5 Å². The van der Waals surface area contributed by atoms with Gasteiger partial charge in [0.25, 0.3) is 0 Å². The molecule has 4 aromatic rings. The Bertz CT molecular complexity index is 1260. The predicted molar refractivity (Wildman–Crippen MR) is 110 cm³/mol. The van der Waals surface area contributed by atoms with Crippen LogP contribution in [0.15, 0.2) is 57.5 Å². The summed E-state index contributed by atoms with van der Waals surface area (Å²) >= 11 is 5.03. The summed E-state index contributed by atoms with van der Waals surface area (Å²) < 4.78 is 13.7. The Labute approximate surface area is 178 Å². The maximum atomic E-state index is 8.13. The quantitative estimate of drug-likeness (QED) is 0.462. The van der Waals surface area contributed by atoms with Gasteiger partial charge in [0, 0.05) is 28.3 Å². The largest absolute Gasteiger partial charge is 0.454 e. The van der Waals surface area contributed by atoms with Crippen LogP contribution in [0.4, 0.5) is 0 Å². The van der Waals surface area contributed by atoms with Gasteiger partial charge < -0.3 is 19.0 Å². The molecule has 3 aromatic heterocycles. The van der Waals surface area contributed by atoms with Crippen molar-refractivity contribution in [2.24, 2.45) is 0 Å². The number of rotatable bonds is 5. The summed E-state index contributed by atoms with van der Waals surface area (Å²) in [6.45, 7) is 0.920. The molecule has 0 saturated heterocycles. The fourth-order valence-corrected chi connectivity index (χ4v) is 4.43. The molecule has 0 amide bonds. The number of ether oxygens (including phenoxy) is 2. The number of aromatic nitrogens is 5. The van der Waals surface area contributed by atoms with Crippen molar-refractivity contribution in [3.63, 3.8) is 0 Å². The first-order valence-corrected chi connectivity index (χ1v) is 10.4. The number of hydrogen-bond acceptors (Lipinski definition) is 7. The molecule has 0 spiro atoms. The molecule has 1 aliphatic rings. The Kier molecular flexibility index (Phi) is 4.72. The number of pyridine rings is 1. The zero-order valence-corrected chi connectivity index (χ0v) is 17.5. The molecule has 0 fully saturated rings. The van der Waals surface area contributed by atoms with Crippen LogP contribution in [0.1, 0.15) is 5.56 Å². The van der Waals surface area contributed by atoms with Crippen molar-refractivity contribution in [3.05, 3.63) is 58.5 Å². The molecule has 0 aliphatic carbocycles. The molecule has 0 atom stereocenters. The van der Waals surface area contributed by atoms with Crippen LogP contribution in [0.2, 0.25) is 0 Å². The predicted octanol–water partition coefficient (Wildman–Crippen LogP) is 3.52. The van der Waals surface area contributed by atoms with Gasteiger partial charge in [0.15, 0.2) is 27.8 Å². The van der Waals surface area contributed by atoms with E-state index in [2.05, 4.69) is 30.9 Å². The summed E-state index contributed by atoms with van der Waals surface area (Å²) in [6.07, 6.45) is 6.08. The summed E-state index contributed by atoms with van der Waals surface area (Å²) in [4.78, 5) is 17.2. The van der Waals surface area contributed by atoms with Crippen LogP contribution in [-0.4, -0.2) is 31.3 Å². The van der Waals surface area contributed by atoms with E-state index in [0.29, 0.717) is 28.6 Å². The molecule has 5 rings (SSSR count). The lowest BCUT2D eigenvalue weighted by molar-refractivity contribution is 0.174. The molecule has 1 aliphatic heterocycles. The van der Waals surface area contributed by atoms with E-state index in [0.717, 1.165) is 27.1 Å². The van der Waals surface area contributed by atoms with Crippen LogP contribution in [0.25, 0.3) is 11.2 Å². The van der Waals surface area contributed by atoms with Crippen LogP contribution < -0.4 is 15.0 Å². The van der Waals surface area contributed by atoms with Crippen molar-refractivity contribution < 1.29 is 9.47 Å². The fourth-order valence-electron chi connectivity index (χ4n) is 3.05. The van der Waals surface area contributed by atoms with Crippen LogP contribution in [-0.2, 0) is 13.0 Å². The number of nitrogens with one attached hydrogen (secondary N) is 2. The summed E-state index contributed by atoms with van der Waals surface area (Å²) in [7, 11) is 0. The first kappa shape index (κ1) is 18.2. The number of imidazole rings is 1. The average Bonchev–Trinajstić information content (AvgIpc) is 3.36. The second-order valence-corrected chi connectivity index (χ2v) is 8.26. The van der Waals surface area contributed by atoms with Gasteiger partial charge in [0.1, 0.15) is 5.52 Å². The fraction of sp³-hybridized carbons (Fsp3) is 0.158. The van der Waals surface area contributed by atoms with E-state index in [1.165, 1.54) is 11.8 Å². The summed E-state index contributed by atoms with van der Waals surface area (Å²) in [5.41, 5.74) is 2.62. The normalized spacial score (nSPS) is 12.6. The van der Waals surface area contributed by atoms with E-state index in [1.54, 1.807) is 12.5 Å². The topological polar surface area (TPSA) is 102 Å². The first-order valence-electron chi connectivity index (χ1n) is 8.83. The lowest BCUT2D eigenvalue weighted by Crippen LogP contribution is -2.13. The van der Waals surface area contributed by atoms with Crippen LogP contribution in [0.3, 0.4) is 0 Å². The third-order valence-corrected chi connectivity index (χ3v) is 6.36. The minimum atomic E-state index is 0.168. The lowest BCUT2D eigenvalue weighted by Gasteiger charge is -2.06. The van der Waals surface area contributed by atoms with E-state index in [9.17, 15) is 0 Å². The van der Waals surface area contributed by atoms with Gasteiger partial charge in [-0.25, -0.2) is 9.97 Å². The molecule has 10 heteroatoms. The van der Waals surface area contributed by atoms with Gasteiger partial charge >= 0.3 is 0 Å². The molecular weight excluding hydrogens is 456 g/mol. The minimum Gasteiger partial charge on any atom is -0.454 e. The molecule has 29 heavy (non-hydrogen) atoms. The number of aryl methyl sites for hydroxylation is 2. The molecule has 0 unspecified atom stereocenters. The molecular formula is C19H15BrN6O2S. The highest BCUT2D eigenvalue weighted by atomic mass is 79.9. The van der Waals surface area contributed by atoms with Gasteiger partial charge in [-0.3, -0.25) is 10.4 Å². The maximum absolute atomic E-state index is 8.13. The van der Waals surface area contributed by atoms with Crippen molar-refractivity contribution in [2.75, 3.05) is 6.79 Å².